The molecule has 2 aromatic carbocycles. The molecule has 0 aliphatic carbocycles. The van der Waals surface area contributed by atoms with Gasteiger partial charge in [-0.2, -0.15) is 0 Å². The van der Waals surface area contributed by atoms with Gasteiger partial charge < -0.3 is 4.74 Å². The lowest BCUT2D eigenvalue weighted by Gasteiger charge is -2.09. The molecule has 0 N–H and O–H groups in total. The lowest BCUT2D eigenvalue weighted by Crippen LogP contribution is -2.13. The minimum absolute atomic E-state index is 0.110. The summed E-state index contributed by atoms with van der Waals surface area (Å²) in [6.07, 6.45) is 0. The van der Waals surface area contributed by atoms with Crippen molar-refractivity contribution >= 4 is 23.5 Å². The normalized spacial score (nSPS) is 13.2. The van der Waals surface area contributed by atoms with E-state index in [1.54, 1.807) is 30.0 Å². The Morgan fingerprint density at radius 2 is 1.95 bits per heavy atom. The zero-order chi connectivity index (χ0) is 14.1. The number of hydrogen-bond donors (Lipinski definition) is 0. The van der Waals surface area contributed by atoms with Crippen LogP contribution in [0, 0.1) is 0 Å². The molecule has 4 heteroatoms. The average Bonchev–Trinajstić information content (AvgIpc) is 2.64. The van der Waals surface area contributed by atoms with Crippen molar-refractivity contribution in [1.82, 2.24) is 0 Å². The zero-order valence-corrected chi connectivity index (χ0v) is 11.7. The first kappa shape index (κ1) is 12.9. The SMILES string of the molecule is COC(=O)c1cccc2c1C(=O)c1ccccc1SC2. The number of ether oxygens (including phenoxy) is 1. The molecule has 3 rings (SSSR count). The van der Waals surface area contributed by atoms with E-state index in [2.05, 4.69) is 0 Å². The second-order valence-corrected chi connectivity index (χ2v) is 5.46. The van der Waals surface area contributed by atoms with Gasteiger partial charge in [0.2, 0.25) is 0 Å². The standard InChI is InChI=1S/C16H12O3S/c1-19-16(18)12-7-4-5-10-9-20-13-8-3-2-6-11(13)15(17)14(10)12/h2-8H,9H2,1H3. The number of carbonyl (C=O) groups excluding carboxylic acids is 2. The molecule has 1 aliphatic heterocycles. The van der Waals surface area contributed by atoms with E-state index in [0.29, 0.717) is 22.4 Å². The largest absolute Gasteiger partial charge is 0.465 e. The van der Waals surface area contributed by atoms with Crippen LogP contribution in [0.1, 0.15) is 31.8 Å². The van der Waals surface area contributed by atoms with Crippen molar-refractivity contribution in [3.8, 4) is 0 Å². The number of thioether (sulfide) groups is 1. The van der Waals surface area contributed by atoms with Gasteiger partial charge in [0.1, 0.15) is 0 Å². The summed E-state index contributed by atoms with van der Waals surface area (Å²) in [6, 6.07) is 12.8. The van der Waals surface area contributed by atoms with Crippen LogP contribution in [0.3, 0.4) is 0 Å². The van der Waals surface area contributed by atoms with Crippen molar-refractivity contribution in [3.05, 3.63) is 64.7 Å². The molecule has 1 heterocycles. The van der Waals surface area contributed by atoms with E-state index in [9.17, 15) is 9.59 Å². The Morgan fingerprint density at radius 3 is 2.75 bits per heavy atom. The first-order valence-corrected chi connectivity index (χ1v) is 7.17. The number of rotatable bonds is 1. The molecule has 0 saturated carbocycles. The van der Waals surface area contributed by atoms with Gasteiger partial charge in [-0.05, 0) is 23.8 Å². The predicted octanol–water partition coefficient (Wildman–Crippen LogP) is 3.31. The smallest absolute Gasteiger partial charge is 0.338 e. The third-order valence-corrected chi connectivity index (χ3v) is 4.42. The number of ketones is 1. The second kappa shape index (κ2) is 5.13. The van der Waals surface area contributed by atoms with Crippen molar-refractivity contribution in [2.24, 2.45) is 0 Å². The van der Waals surface area contributed by atoms with Gasteiger partial charge >= 0.3 is 5.97 Å². The molecule has 0 amide bonds. The first-order chi connectivity index (χ1) is 9.72. The van der Waals surface area contributed by atoms with Gasteiger partial charge in [-0.15, -0.1) is 11.8 Å². The molecular formula is C16H12O3S. The zero-order valence-electron chi connectivity index (χ0n) is 10.9. The molecule has 0 radical (unpaired) electrons. The van der Waals surface area contributed by atoms with Gasteiger partial charge in [0.25, 0.3) is 0 Å². The number of methoxy groups -OCH3 is 1. The van der Waals surface area contributed by atoms with E-state index in [1.807, 2.05) is 24.3 Å². The quantitative estimate of drug-likeness (QED) is 0.754. The highest BCUT2D eigenvalue weighted by atomic mass is 32.2. The number of benzene rings is 2. The van der Waals surface area contributed by atoms with Gasteiger partial charge in [0.15, 0.2) is 5.78 Å². The van der Waals surface area contributed by atoms with Crippen molar-refractivity contribution in [3.63, 3.8) is 0 Å². The fourth-order valence-electron chi connectivity index (χ4n) is 2.34. The number of hydrogen-bond acceptors (Lipinski definition) is 4. The lowest BCUT2D eigenvalue weighted by molar-refractivity contribution is 0.0597. The monoisotopic (exact) mass is 284 g/mol. The van der Waals surface area contributed by atoms with Crippen LogP contribution in [-0.4, -0.2) is 18.9 Å². The van der Waals surface area contributed by atoms with Crippen LogP contribution in [0.15, 0.2) is 47.4 Å². The third kappa shape index (κ3) is 2.02. The Hall–Kier alpha value is -2.07. The summed E-state index contributed by atoms with van der Waals surface area (Å²) in [5.74, 6) is 0.0873. The molecular weight excluding hydrogens is 272 g/mol. The van der Waals surface area contributed by atoms with Crippen LogP contribution in [-0.2, 0) is 10.5 Å². The Morgan fingerprint density at radius 1 is 1.15 bits per heavy atom. The maximum atomic E-state index is 12.7. The van der Waals surface area contributed by atoms with Gasteiger partial charge in [-0.1, -0.05) is 24.3 Å². The Balaban J connectivity index is 2.23. The average molecular weight is 284 g/mol. The highest BCUT2D eigenvalue weighted by Crippen LogP contribution is 2.34. The highest BCUT2D eigenvalue weighted by molar-refractivity contribution is 7.98. The van der Waals surface area contributed by atoms with Crippen LogP contribution < -0.4 is 0 Å². The van der Waals surface area contributed by atoms with Gasteiger partial charge in [0.05, 0.1) is 12.7 Å². The van der Waals surface area contributed by atoms with E-state index in [0.717, 1.165) is 10.5 Å². The summed E-state index contributed by atoms with van der Waals surface area (Å²) >= 11 is 1.61. The Kier molecular flexibility index (Phi) is 3.32. The van der Waals surface area contributed by atoms with Crippen LogP contribution >= 0.6 is 11.8 Å². The molecule has 0 fully saturated rings. The molecule has 0 aromatic heterocycles. The van der Waals surface area contributed by atoms with E-state index in [4.69, 9.17) is 4.74 Å². The topological polar surface area (TPSA) is 43.4 Å². The summed E-state index contributed by atoms with van der Waals surface area (Å²) in [5.41, 5.74) is 2.33. The molecule has 0 atom stereocenters. The van der Waals surface area contributed by atoms with Crippen molar-refractivity contribution in [2.45, 2.75) is 10.6 Å². The fraction of sp³-hybridized carbons (Fsp3) is 0.125. The molecule has 3 nitrogen and oxygen atoms in total. The van der Waals surface area contributed by atoms with E-state index in [-0.39, 0.29) is 5.78 Å². The lowest BCUT2D eigenvalue weighted by atomic mass is 9.94. The van der Waals surface area contributed by atoms with E-state index >= 15 is 0 Å². The van der Waals surface area contributed by atoms with E-state index < -0.39 is 5.97 Å². The van der Waals surface area contributed by atoms with E-state index in [1.165, 1.54) is 7.11 Å². The van der Waals surface area contributed by atoms with Crippen LogP contribution in [0.25, 0.3) is 0 Å². The molecule has 0 saturated heterocycles. The molecule has 100 valence electrons. The molecule has 20 heavy (non-hydrogen) atoms. The summed E-state index contributed by atoms with van der Waals surface area (Å²) in [5, 5.41) is 0. The van der Waals surface area contributed by atoms with Gasteiger partial charge in [0, 0.05) is 21.8 Å². The number of esters is 1. The Labute approximate surface area is 121 Å². The summed E-state index contributed by atoms with van der Waals surface area (Å²) in [7, 11) is 1.33. The number of carbonyl (C=O) groups is 2. The molecule has 0 unspecified atom stereocenters. The minimum Gasteiger partial charge on any atom is -0.465 e. The van der Waals surface area contributed by atoms with Gasteiger partial charge in [-0.25, -0.2) is 4.79 Å². The minimum atomic E-state index is -0.473. The summed E-state index contributed by atoms with van der Waals surface area (Å²) in [4.78, 5) is 25.6. The molecule has 2 aromatic rings. The number of fused-ring (bicyclic) bond motifs is 2. The summed E-state index contributed by atoms with van der Waals surface area (Å²) in [6.45, 7) is 0. The first-order valence-electron chi connectivity index (χ1n) is 6.19. The molecule has 0 spiro atoms. The molecule has 0 bridgehead atoms. The highest BCUT2D eigenvalue weighted by Gasteiger charge is 2.26. The molecule has 1 aliphatic rings. The third-order valence-electron chi connectivity index (χ3n) is 3.30. The predicted molar refractivity (Wildman–Crippen MR) is 77.2 cm³/mol. The van der Waals surface area contributed by atoms with Crippen LogP contribution in [0.2, 0.25) is 0 Å². The fourth-order valence-corrected chi connectivity index (χ4v) is 3.38. The van der Waals surface area contributed by atoms with Crippen molar-refractivity contribution < 1.29 is 14.3 Å². The van der Waals surface area contributed by atoms with Crippen LogP contribution in [0.5, 0.6) is 0 Å². The maximum absolute atomic E-state index is 12.7. The van der Waals surface area contributed by atoms with Crippen molar-refractivity contribution in [1.29, 1.82) is 0 Å². The second-order valence-electron chi connectivity index (χ2n) is 4.45. The van der Waals surface area contributed by atoms with Gasteiger partial charge in [-0.3, -0.25) is 4.79 Å². The van der Waals surface area contributed by atoms with Crippen LogP contribution in [0.4, 0.5) is 0 Å². The van der Waals surface area contributed by atoms with Crippen molar-refractivity contribution in [2.75, 3.05) is 7.11 Å². The maximum Gasteiger partial charge on any atom is 0.338 e. The Bertz CT molecular complexity index is 707. The summed E-state index contributed by atoms with van der Waals surface area (Å²) < 4.78 is 4.78.